The summed E-state index contributed by atoms with van der Waals surface area (Å²) in [6, 6.07) is 16.0. The van der Waals surface area contributed by atoms with Gasteiger partial charge >= 0.3 is 0 Å². The molecule has 2 nitrogen and oxygen atoms in total. The zero-order chi connectivity index (χ0) is 13.8. The van der Waals surface area contributed by atoms with Crippen LogP contribution < -0.4 is 10.5 Å². The second-order valence-corrected chi connectivity index (χ2v) is 5.68. The Labute approximate surface area is 122 Å². The lowest BCUT2D eigenvalue weighted by atomic mass is 10.0. The number of aryl methyl sites for hydroxylation is 1. The summed E-state index contributed by atoms with van der Waals surface area (Å²) in [6.07, 6.45) is -0.153. The van der Waals surface area contributed by atoms with Crippen molar-refractivity contribution in [1.29, 1.82) is 0 Å². The van der Waals surface area contributed by atoms with Crippen molar-refractivity contribution in [3.8, 4) is 5.75 Å². The molecule has 100 valence electrons. The average molecular weight is 320 g/mol. The first kappa shape index (κ1) is 14.1. The maximum absolute atomic E-state index is 6.06. The van der Waals surface area contributed by atoms with Gasteiger partial charge in [0.05, 0.1) is 0 Å². The summed E-state index contributed by atoms with van der Waals surface area (Å²) in [6.45, 7) is 4.01. The third-order valence-corrected chi connectivity index (χ3v) is 3.40. The average Bonchev–Trinajstić information content (AvgIpc) is 2.35. The van der Waals surface area contributed by atoms with Crippen LogP contribution in [0.4, 0.5) is 0 Å². The Bertz CT molecular complexity index is 554. The number of rotatable bonds is 4. The van der Waals surface area contributed by atoms with Gasteiger partial charge in [0.15, 0.2) is 0 Å². The van der Waals surface area contributed by atoms with Crippen LogP contribution in [-0.2, 0) is 0 Å². The molecule has 0 radical (unpaired) electrons. The highest BCUT2D eigenvalue weighted by molar-refractivity contribution is 9.10. The highest BCUT2D eigenvalue weighted by Crippen LogP contribution is 2.26. The molecule has 0 aliphatic heterocycles. The molecule has 0 saturated heterocycles. The van der Waals surface area contributed by atoms with Gasteiger partial charge in [-0.15, -0.1) is 0 Å². The van der Waals surface area contributed by atoms with Gasteiger partial charge in [0.25, 0.3) is 0 Å². The molecule has 3 heteroatoms. The number of hydrogen-bond donors (Lipinski definition) is 1. The van der Waals surface area contributed by atoms with Gasteiger partial charge in [0.2, 0.25) is 0 Å². The van der Waals surface area contributed by atoms with E-state index in [9.17, 15) is 0 Å². The summed E-state index contributed by atoms with van der Waals surface area (Å²) < 4.78 is 7.08. The second kappa shape index (κ2) is 6.22. The molecule has 0 aliphatic carbocycles. The Morgan fingerprint density at radius 2 is 1.84 bits per heavy atom. The molecule has 2 rings (SSSR count). The molecule has 19 heavy (non-hydrogen) atoms. The van der Waals surface area contributed by atoms with Crippen molar-refractivity contribution < 1.29 is 4.74 Å². The molecule has 0 amide bonds. The Kier molecular flexibility index (Phi) is 4.61. The lowest BCUT2D eigenvalue weighted by Crippen LogP contribution is -2.29. The quantitative estimate of drug-likeness (QED) is 0.915. The van der Waals surface area contributed by atoms with Crippen molar-refractivity contribution in [1.82, 2.24) is 0 Å². The van der Waals surface area contributed by atoms with E-state index in [1.165, 1.54) is 5.56 Å². The predicted molar refractivity (Wildman–Crippen MR) is 82.3 cm³/mol. The Morgan fingerprint density at radius 1 is 1.11 bits per heavy atom. The third kappa shape index (κ3) is 3.82. The van der Waals surface area contributed by atoms with Crippen LogP contribution in [-0.4, -0.2) is 6.04 Å². The van der Waals surface area contributed by atoms with Crippen LogP contribution in [0.5, 0.6) is 5.75 Å². The molecule has 0 heterocycles. The first-order chi connectivity index (χ1) is 9.06. The summed E-state index contributed by atoms with van der Waals surface area (Å²) in [7, 11) is 0. The van der Waals surface area contributed by atoms with Crippen molar-refractivity contribution in [2.24, 2.45) is 5.73 Å². The highest BCUT2D eigenvalue weighted by Gasteiger charge is 2.18. The zero-order valence-corrected chi connectivity index (χ0v) is 12.7. The van der Waals surface area contributed by atoms with Crippen LogP contribution in [0.1, 0.15) is 24.2 Å². The van der Waals surface area contributed by atoms with Crippen LogP contribution in [0.15, 0.2) is 53.0 Å². The van der Waals surface area contributed by atoms with Crippen molar-refractivity contribution in [2.75, 3.05) is 0 Å². The van der Waals surface area contributed by atoms with E-state index >= 15 is 0 Å². The van der Waals surface area contributed by atoms with Crippen LogP contribution in [0.3, 0.4) is 0 Å². The van der Waals surface area contributed by atoms with Crippen molar-refractivity contribution >= 4 is 15.9 Å². The molecule has 2 atom stereocenters. The number of hydrogen-bond acceptors (Lipinski definition) is 2. The van der Waals surface area contributed by atoms with Crippen LogP contribution in [0.2, 0.25) is 0 Å². The van der Waals surface area contributed by atoms with E-state index < -0.39 is 0 Å². The molecule has 0 spiro atoms. The minimum atomic E-state index is -0.153. The summed E-state index contributed by atoms with van der Waals surface area (Å²) in [5.74, 6) is 0.849. The molecular formula is C16H18BrNO. The van der Waals surface area contributed by atoms with Gasteiger partial charge in [-0.3, -0.25) is 0 Å². The fourth-order valence-corrected chi connectivity index (χ4v) is 2.41. The minimum absolute atomic E-state index is 0.0881. The molecule has 0 fully saturated rings. The SMILES string of the molecule is Cc1cccc(OC(c2cccc(Br)c2)C(C)N)c1. The van der Waals surface area contributed by atoms with Gasteiger partial charge in [-0.05, 0) is 49.2 Å². The second-order valence-electron chi connectivity index (χ2n) is 4.77. The Hall–Kier alpha value is -1.32. The van der Waals surface area contributed by atoms with Crippen molar-refractivity contribution in [2.45, 2.75) is 26.0 Å². The van der Waals surface area contributed by atoms with E-state index in [-0.39, 0.29) is 12.1 Å². The third-order valence-electron chi connectivity index (χ3n) is 2.91. The smallest absolute Gasteiger partial charge is 0.138 e. The summed E-state index contributed by atoms with van der Waals surface area (Å²) in [4.78, 5) is 0. The van der Waals surface area contributed by atoms with E-state index in [1.54, 1.807) is 0 Å². The largest absolute Gasteiger partial charge is 0.484 e. The molecular weight excluding hydrogens is 302 g/mol. The van der Waals surface area contributed by atoms with Crippen LogP contribution >= 0.6 is 15.9 Å². The first-order valence-electron chi connectivity index (χ1n) is 6.30. The summed E-state index contributed by atoms with van der Waals surface area (Å²) >= 11 is 3.48. The standard InChI is InChI=1S/C16H18BrNO/c1-11-5-3-8-15(9-11)19-16(12(2)18)13-6-4-7-14(17)10-13/h3-10,12,16H,18H2,1-2H3. The van der Waals surface area contributed by atoms with E-state index in [0.717, 1.165) is 15.8 Å². The van der Waals surface area contributed by atoms with E-state index in [0.29, 0.717) is 0 Å². The molecule has 0 aliphatic rings. The predicted octanol–water partition coefficient (Wildman–Crippen LogP) is 4.22. The first-order valence-corrected chi connectivity index (χ1v) is 7.10. The van der Waals surface area contributed by atoms with Crippen LogP contribution in [0.25, 0.3) is 0 Å². The number of benzene rings is 2. The number of ether oxygens (including phenoxy) is 1. The summed E-state index contributed by atoms with van der Waals surface area (Å²) in [5.41, 5.74) is 8.32. The van der Waals surface area contributed by atoms with E-state index in [1.807, 2.05) is 62.4 Å². The lowest BCUT2D eigenvalue weighted by molar-refractivity contribution is 0.180. The molecule has 2 aromatic carbocycles. The number of halogens is 1. The van der Waals surface area contributed by atoms with Crippen molar-refractivity contribution in [3.63, 3.8) is 0 Å². The van der Waals surface area contributed by atoms with Crippen LogP contribution in [0, 0.1) is 6.92 Å². The van der Waals surface area contributed by atoms with Gasteiger partial charge < -0.3 is 10.5 Å². The molecule has 2 N–H and O–H groups in total. The Balaban J connectivity index is 2.26. The zero-order valence-electron chi connectivity index (χ0n) is 11.1. The fraction of sp³-hybridized carbons (Fsp3) is 0.250. The van der Waals surface area contributed by atoms with Gasteiger partial charge in [0.1, 0.15) is 11.9 Å². The van der Waals surface area contributed by atoms with Crippen molar-refractivity contribution in [3.05, 3.63) is 64.1 Å². The van der Waals surface area contributed by atoms with E-state index in [4.69, 9.17) is 10.5 Å². The minimum Gasteiger partial charge on any atom is -0.484 e. The van der Waals surface area contributed by atoms with E-state index in [2.05, 4.69) is 15.9 Å². The van der Waals surface area contributed by atoms with Gasteiger partial charge in [-0.2, -0.15) is 0 Å². The fourth-order valence-electron chi connectivity index (χ4n) is 2.00. The molecule has 0 bridgehead atoms. The molecule has 0 aromatic heterocycles. The maximum Gasteiger partial charge on any atom is 0.138 e. The topological polar surface area (TPSA) is 35.2 Å². The van der Waals surface area contributed by atoms with Gasteiger partial charge in [0, 0.05) is 10.5 Å². The van der Waals surface area contributed by atoms with Gasteiger partial charge in [-0.1, -0.05) is 40.2 Å². The maximum atomic E-state index is 6.06. The molecule has 2 aromatic rings. The monoisotopic (exact) mass is 319 g/mol. The van der Waals surface area contributed by atoms with Gasteiger partial charge in [-0.25, -0.2) is 0 Å². The lowest BCUT2D eigenvalue weighted by Gasteiger charge is -2.23. The normalized spacial score (nSPS) is 13.9. The number of nitrogens with two attached hydrogens (primary N) is 1. The molecule has 0 saturated carbocycles. The molecule has 2 unspecified atom stereocenters. The Morgan fingerprint density at radius 3 is 2.47 bits per heavy atom. The highest BCUT2D eigenvalue weighted by atomic mass is 79.9. The summed E-state index contributed by atoms with van der Waals surface area (Å²) in [5, 5.41) is 0.